The van der Waals surface area contributed by atoms with E-state index in [1.165, 1.54) is 5.56 Å². The Kier molecular flexibility index (Phi) is 6.16. The summed E-state index contributed by atoms with van der Waals surface area (Å²) < 4.78 is 0. The Labute approximate surface area is 132 Å². The van der Waals surface area contributed by atoms with E-state index in [4.69, 9.17) is 5.73 Å². The van der Waals surface area contributed by atoms with Crippen LogP contribution in [0, 0.1) is 0 Å². The maximum Gasteiger partial charge on any atom is 0.221 e. The number of carbonyl (C=O) groups excluding carboxylic acids is 1. The van der Waals surface area contributed by atoms with Crippen LogP contribution in [0.2, 0.25) is 0 Å². The van der Waals surface area contributed by atoms with E-state index in [1.807, 2.05) is 48.5 Å². The molecule has 3 nitrogen and oxygen atoms in total. The van der Waals surface area contributed by atoms with E-state index in [-0.39, 0.29) is 11.9 Å². The lowest BCUT2D eigenvalue weighted by Crippen LogP contribution is -2.31. The molecule has 0 spiro atoms. The SMILES string of the molecule is CCC(CNC(=O)CC(N)c1ccccc1)c1ccccc1. The zero-order chi connectivity index (χ0) is 15.8. The van der Waals surface area contributed by atoms with Crippen molar-refractivity contribution in [2.75, 3.05) is 6.54 Å². The third-order valence-corrected chi connectivity index (χ3v) is 3.94. The van der Waals surface area contributed by atoms with Crippen LogP contribution in [0.4, 0.5) is 0 Å². The molecule has 0 fully saturated rings. The third kappa shape index (κ3) is 4.71. The number of carbonyl (C=O) groups is 1. The van der Waals surface area contributed by atoms with E-state index in [9.17, 15) is 4.79 Å². The van der Waals surface area contributed by atoms with Gasteiger partial charge in [0.25, 0.3) is 0 Å². The van der Waals surface area contributed by atoms with Crippen molar-refractivity contribution in [2.24, 2.45) is 5.73 Å². The fourth-order valence-electron chi connectivity index (χ4n) is 2.55. The number of benzene rings is 2. The van der Waals surface area contributed by atoms with Crippen molar-refractivity contribution in [3.8, 4) is 0 Å². The molecule has 3 heteroatoms. The Morgan fingerprint density at radius 1 is 1.00 bits per heavy atom. The maximum atomic E-state index is 12.1. The van der Waals surface area contributed by atoms with E-state index < -0.39 is 0 Å². The van der Waals surface area contributed by atoms with Crippen molar-refractivity contribution in [1.29, 1.82) is 0 Å². The highest BCUT2D eigenvalue weighted by Gasteiger charge is 2.14. The topological polar surface area (TPSA) is 55.1 Å². The van der Waals surface area contributed by atoms with Crippen molar-refractivity contribution in [1.82, 2.24) is 5.32 Å². The zero-order valence-electron chi connectivity index (χ0n) is 13.0. The number of hydrogen-bond acceptors (Lipinski definition) is 2. The molecule has 3 N–H and O–H groups in total. The van der Waals surface area contributed by atoms with Gasteiger partial charge < -0.3 is 11.1 Å². The quantitative estimate of drug-likeness (QED) is 0.823. The van der Waals surface area contributed by atoms with Gasteiger partial charge >= 0.3 is 0 Å². The lowest BCUT2D eigenvalue weighted by molar-refractivity contribution is -0.121. The van der Waals surface area contributed by atoms with Crippen LogP contribution in [0.5, 0.6) is 0 Å². The highest BCUT2D eigenvalue weighted by molar-refractivity contribution is 5.76. The molecule has 2 rings (SSSR count). The molecule has 0 heterocycles. The van der Waals surface area contributed by atoms with E-state index >= 15 is 0 Å². The van der Waals surface area contributed by atoms with Gasteiger partial charge in [-0.3, -0.25) is 4.79 Å². The zero-order valence-corrected chi connectivity index (χ0v) is 13.0. The number of rotatable bonds is 7. The molecule has 0 radical (unpaired) electrons. The molecule has 0 saturated heterocycles. The van der Waals surface area contributed by atoms with Gasteiger partial charge in [-0.1, -0.05) is 67.6 Å². The van der Waals surface area contributed by atoms with Crippen LogP contribution < -0.4 is 11.1 Å². The molecular weight excluding hydrogens is 272 g/mol. The number of nitrogens with one attached hydrogen (secondary N) is 1. The summed E-state index contributed by atoms with van der Waals surface area (Å²) in [5.41, 5.74) is 8.34. The molecule has 1 amide bonds. The van der Waals surface area contributed by atoms with Gasteiger partial charge in [0.15, 0.2) is 0 Å². The van der Waals surface area contributed by atoms with E-state index in [0.717, 1.165) is 12.0 Å². The Hall–Kier alpha value is -2.13. The first-order valence-corrected chi connectivity index (χ1v) is 7.83. The average Bonchev–Trinajstić information content (AvgIpc) is 2.57. The summed E-state index contributed by atoms with van der Waals surface area (Å²) in [6.45, 7) is 2.79. The largest absolute Gasteiger partial charge is 0.355 e. The lowest BCUT2D eigenvalue weighted by atomic mass is 9.96. The smallest absolute Gasteiger partial charge is 0.221 e. The van der Waals surface area contributed by atoms with Crippen LogP contribution >= 0.6 is 0 Å². The Morgan fingerprint density at radius 3 is 2.09 bits per heavy atom. The normalized spacial score (nSPS) is 13.4. The average molecular weight is 296 g/mol. The van der Waals surface area contributed by atoms with Crippen LogP contribution in [-0.4, -0.2) is 12.5 Å². The summed E-state index contributed by atoms with van der Waals surface area (Å²) in [5.74, 6) is 0.351. The molecule has 2 atom stereocenters. The summed E-state index contributed by atoms with van der Waals surface area (Å²) in [4.78, 5) is 12.1. The van der Waals surface area contributed by atoms with Crippen LogP contribution in [0.25, 0.3) is 0 Å². The van der Waals surface area contributed by atoms with Crippen molar-refractivity contribution < 1.29 is 4.79 Å². The fourth-order valence-corrected chi connectivity index (χ4v) is 2.55. The van der Waals surface area contributed by atoms with Gasteiger partial charge in [-0.05, 0) is 17.5 Å². The second kappa shape index (κ2) is 8.35. The highest BCUT2D eigenvalue weighted by atomic mass is 16.1. The van der Waals surface area contributed by atoms with Crippen molar-refractivity contribution >= 4 is 5.91 Å². The predicted molar refractivity (Wildman–Crippen MR) is 90.5 cm³/mol. The molecule has 0 aromatic heterocycles. The fraction of sp³-hybridized carbons (Fsp3) is 0.316. The Morgan fingerprint density at radius 2 is 1.55 bits per heavy atom. The van der Waals surface area contributed by atoms with Gasteiger partial charge in [-0.15, -0.1) is 0 Å². The number of hydrogen-bond donors (Lipinski definition) is 2. The number of nitrogens with two attached hydrogens (primary N) is 1. The standard InChI is InChI=1S/C19H24N2O/c1-2-15(16-9-5-3-6-10-16)14-21-19(22)13-18(20)17-11-7-4-8-12-17/h3-12,15,18H,2,13-14,20H2,1H3,(H,21,22). The minimum atomic E-state index is -0.252. The molecule has 22 heavy (non-hydrogen) atoms. The highest BCUT2D eigenvalue weighted by Crippen LogP contribution is 2.18. The molecule has 0 bridgehead atoms. The molecule has 2 aromatic rings. The summed E-state index contributed by atoms with van der Waals surface area (Å²) in [7, 11) is 0. The first-order chi connectivity index (χ1) is 10.7. The van der Waals surface area contributed by atoms with Crippen molar-refractivity contribution in [3.63, 3.8) is 0 Å². The third-order valence-electron chi connectivity index (χ3n) is 3.94. The molecule has 2 aromatic carbocycles. The summed E-state index contributed by atoms with van der Waals surface area (Å²) in [6, 6.07) is 19.8. The van der Waals surface area contributed by atoms with Gasteiger partial charge in [-0.25, -0.2) is 0 Å². The maximum absolute atomic E-state index is 12.1. The Bertz CT molecular complexity index is 569. The van der Waals surface area contributed by atoms with Crippen LogP contribution in [0.3, 0.4) is 0 Å². The van der Waals surface area contributed by atoms with E-state index in [2.05, 4.69) is 24.4 Å². The van der Waals surface area contributed by atoms with Crippen LogP contribution in [-0.2, 0) is 4.79 Å². The summed E-state index contributed by atoms with van der Waals surface area (Å²) in [5, 5.41) is 3.01. The van der Waals surface area contributed by atoms with Gasteiger partial charge in [0.05, 0.1) is 0 Å². The predicted octanol–water partition coefficient (Wildman–Crippen LogP) is 3.39. The van der Waals surface area contributed by atoms with Crippen molar-refractivity contribution in [2.45, 2.75) is 31.7 Å². The lowest BCUT2D eigenvalue weighted by Gasteiger charge is -2.17. The molecule has 0 aliphatic heterocycles. The van der Waals surface area contributed by atoms with E-state index in [0.29, 0.717) is 18.9 Å². The van der Waals surface area contributed by atoms with E-state index in [1.54, 1.807) is 0 Å². The minimum absolute atomic E-state index is 0.00531. The second-order valence-electron chi connectivity index (χ2n) is 5.54. The minimum Gasteiger partial charge on any atom is -0.355 e. The first kappa shape index (κ1) is 16.2. The van der Waals surface area contributed by atoms with Gasteiger partial charge in [0, 0.05) is 24.9 Å². The second-order valence-corrected chi connectivity index (χ2v) is 5.54. The molecule has 0 aliphatic rings. The summed E-state index contributed by atoms with van der Waals surface area (Å²) in [6.07, 6.45) is 1.31. The van der Waals surface area contributed by atoms with Crippen molar-refractivity contribution in [3.05, 3.63) is 71.8 Å². The number of amides is 1. The van der Waals surface area contributed by atoms with Gasteiger partial charge in [-0.2, -0.15) is 0 Å². The molecule has 0 aliphatic carbocycles. The monoisotopic (exact) mass is 296 g/mol. The van der Waals surface area contributed by atoms with Crippen LogP contribution in [0.1, 0.15) is 42.9 Å². The van der Waals surface area contributed by atoms with Gasteiger partial charge in [0.2, 0.25) is 5.91 Å². The van der Waals surface area contributed by atoms with Gasteiger partial charge in [0.1, 0.15) is 0 Å². The molecule has 0 saturated carbocycles. The molecular formula is C19H24N2O. The summed E-state index contributed by atoms with van der Waals surface area (Å²) >= 11 is 0. The van der Waals surface area contributed by atoms with Crippen LogP contribution in [0.15, 0.2) is 60.7 Å². The molecule has 2 unspecified atom stereocenters. The molecule has 116 valence electrons. The first-order valence-electron chi connectivity index (χ1n) is 7.83. The Balaban J connectivity index is 1.84.